The third-order valence-electron chi connectivity index (χ3n) is 8.41. The molecule has 0 atom stereocenters. The fourth-order valence-corrected chi connectivity index (χ4v) is 6.73. The van der Waals surface area contributed by atoms with Crippen molar-refractivity contribution in [1.82, 2.24) is 20.4 Å². The van der Waals surface area contributed by atoms with Crippen molar-refractivity contribution in [3.63, 3.8) is 0 Å². The van der Waals surface area contributed by atoms with Crippen molar-refractivity contribution < 1.29 is 28.8 Å². The van der Waals surface area contributed by atoms with Crippen LogP contribution in [0.25, 0.3) is 0 Å². The molecule has 3 fully saturated rings. The normalized spacial score (nSPS) is 18.0. The summed E-state index contributed by atoms with van der Waals surface area (Å²) in [5, 5.41) is 11.0. The number of anilines is 2. The largest absolute Gasteiger partial charge is 0.325 e. The summed E-state index contributed by atoms with van der Waals surface area (Å²) in [5.41, 5.74) is -0.410. The standard InChI is InChI=1S/C17H22BrN3O3.C16H18BrN3O3/c1-3-9-17(10-4-2)15(23)21(16(24)20-17)11-14(22)19-13-7-5-12(18)6-8-13;17-11-4-6-12(7-5-11)18-13(21)10-20-14(22)16(19-15(20)23)8-2-1-3-9-16/h5-8H,3-4,9-11H2,1-2H3,(H,19,22)(H,20,24);4-7H,1-3,8-10H2,(H,18,21)(H,19,23). The Morgan fingerprint density at radius 3 is 1.55 bits per heavy atom. The van der Waals surface area contributed by atoms with E-state index in [0.717, 1.165) is 50.8 Å². The highest BCUT2D eigenvalue weighted by Gasteiger charge is 2.52. The van der Waals surface area contributed by atoms with Gasteiger partial charge in [-0.1, -0.05) is 77.8 Å². The average molecular weight is 777 g/mol. The van der Waals surface area contributed by atoms with E-state index in [4.69, 9.17) is 0 Å². The molecule has 0 radical (unpaired) electrons. The van der Waals surface area contributed by atoms with Crippen LogP contribution in [-0.4, -0.2) is 69.7 Å². The fourth-order valence-electron chi connectivity index (χ4n) is 6.21. The molecule has 1 saturated carbocycles. The predicted molar refractivity (Wildman–Crippen MR) is 184 cm³/mol. The number of carbonyl (C=O) groups excluding carboxylic acids is 6. The first-order chi connectivity index (χ1) is 22.4. The molecule has 1 spiro atoms. The van der Waals surface area contributed by atoms with Gasteiger partial charge in [-0.3, -0.25) is 29.0 Å². The zero-order valence-corrected chi connectivity index (χ0v) is 29.7. The van der Waals surface area contributed by atoms with E-state index in [1.807, 2.05) is 13.8 Å². The minimum absolute atomic E-state index is 0.261. The second-order valence-corrected chi connectivity index (χ2v) is 13.8. The Bertz CT molecular complexity index is 1490. The zero-order chi connectivity index (χ0) is 34.2. The number of benzene rings is 2. The maximum atomic E-state index is 12.7. The van der Waals surface area contributed by atoms with Crippen molar-refractivity contribution in [2.75, 3.05) is 23.7 Å². The van der Waals surface area contributed by atoms with E-state index >= 15 is 0 Å². The summed E-state index contributed by atoms with van der Waals surface area (Å²) >= 11 is 6.64. The summed E-state index contributed by atoms with van der Waals surface area (Å²) in [7, 11) is 0. The molecule has 252 valence electrons. The minimum atomic E-state index is -0.863. The molecule has 12 nitrogen and oxygen atoms in total. The van der Waals surface area contributed by atoms with Crippen molar-refractivity contribution in [3.05, 3.63) is 57.5 Å². The molecule has 5 rings (SSSR count). The van der Waals surface area contributed by atoms with Crippen LogP contribution >= 0.6 is 31.9 Å². The lowest BCUT2D eigenvalue weighted by Crippen LogP contribution is -2.48. The number of carbonyl (C=O) groups is 6. The van der Waals surface area contributed by atoms with Gasteiger partial charge < -0.3 is 21.3 Å². The SMILES string of the molecule is CCCC1(CCC)NC(=O)N(CC(=O)Nc2ccc(Br)cc2)C1=O.O=C(CN1C(=O)NC2(CCCCC2)C1=O)Nc1ccc(Br)cc1. The summed E-state index contributed by atoms with van der Waals surface area (Å²) in [5.74, 6) is -1.36. The smallest absolute Gasteiger partial charge is 0.325 e. The summed E-state index contributed by atoms with van der Waals surface area (Å²) in [4.78, 5) is 75.9. The number of hydrogen-bond donors (Lipinski definition) is 4. The maximum absolute atomic E-state index is 12.7. The molecule has 2 aromatic carbocycles. The Hall–Kier alpha value is -3.78. The molecule has 2 saturated heterocycles. The van der Waals surface area contributed by atoms with Crippen LogP contribution in [0.2, 0.25) is 0 Å². The summed E-state index contributed by atoms with van der Waals surface area (Å²) in [6, 6.07) is 13.2. The quantitative estimate of drug-likeness (QED) is 0.220. The van der Waals surface area contributed by atoms with Gasteiger partial charge in [-0.05, 0) is 74.2 Å². The van der Waals surface area contributed by atoms with Crippen LogP contribution in [-0.2, 0) is 19.2 Å². The molecule has 3 aliphatic rings. The second kappa shape index (κ2) is 15.9. The summed E-state index contributed by atoms with van der Waals surface area (Å²) in [6.45, 7) is 3.40. The van der Waals surface area contributed by atoms with Crippen LogP contribution in [0.5, 0.6) is 0 Å². The van der Waals surface area contributed by atoms with Gasteiger partial charge >= 0.3 is 12.1 Å². The Labute approximate surface area is 291 Å². The number of amides is 8. The van der Waals surface area contributed by atoms with Gasteiger partial charge in [0, 0.05) is 20.3 Å². The lowest BCUT2D eigenvalue weighted by molar-refractivity contribution is -0.134. The van der Waals surface area contributed by atoms with Gasteiger partial charge in [0.2, 0.25) is 11.8 Å². The molecular weight excluding hydrogens is 736 g/mol. The van der Waals surface area contributed by atoms with Crippen molar-refractivity contribution in [2.45, 2.75) is 82.7 Å². The Morgan fingerprint density at radius 1 is 0.681 bits per heavy atom. The van der Waals surface area contributed by atoms with E-state index in [1.165, 1.54) is 0 Å². The van der Waals surface area contributed by atoms with Crippen molar-refractivity contribution >= 4 is 78.9 Å². The molecule has 0 bridgehead atoms. The molecule has 8 amide bonds. The maximum Gasteiger partial charge on any atom is 0.325 e. The van der Waals surface area contributed by atoms with Crippen molar-refractivity contribution in [3.8, 4) is 0 Å². The Kier molecular flexibility index (Phi) is 12.2. The number of imide groups is 2. The van der Waals surface area contributed by atoms with Crippen LogP contribution in [0, 0.1) is 0 Å². The highest BCUT2D eigenvalue weighted by molar-refractivity contribution is 9.10. The molecular formula is C33H40Br2N6O6. The van der Waals surface area contributed by atoms with Crippen LogP contribution < -0.4 is 21.3 Å². The van der Waals surface area contributed by atoms with Crippen LogP contribution in [0.3, 0.4) is 0 Å². The molecule has 0 aromatic heterocycles. The molecule has 47 heavy (non-hydrogen) atoms. The average Bonchev–Trinajstić information content (AvgIpc) is 3.39. The fraction of sp³-hybridized carbons (Fsp3) is 0.455. The van der Waals surface area contributed by atoms with E-state index in [1.54, 1.807) is 48.5 Å². The van der Waals surface area contributed by atoms with Crippen LogP contribution in [0.1, 0.15) is 71.6 Å². The lowest BCUT2D eigenvalue weighted by Gasteiger charge is -2.30. The molecule has 0 unspecified atom stereocenters. The van der Waals surface area contributed by atoms with Gasteiger partial charge in [0.1, 0.15) is 24.2 Å². The number of rotatable bonds is 10. The molecule has 2 aromatic rings. The first-order valence-electron chi connectivity index (χ1n) is 15.8. The molecule has 2 heterocycles. The monoisotopic (exact) mass is 774 g/mol. The lowest BCUT2D eigenvalue weighted by atomic mass is 9.82. The first-order valence-corrected chi connectivity index (χ1v) is 17.4. The van der Waals surface area contributed by atoms with Gasteiger partial charge in [0.05, 0.1) is 0 Å². The Balaban J connectivity index is 0.000000213. The third kappa shape index (κ3) is 8.78. The molecule has 4 N–H and O–H groups in total. The number of nitrogens with zero attached hydrogens (tertiary/aromatic N) is 2. The summed E-state index contributed by atoms with van der Waals surface area (Å²) < 4.78 is 1.81. The van der Waals surface area contributed by atoms with Gasteiger partial charge in [0.15, 0.2) is 0 Å². The summed E-state index contributed by atoms with van der Waals surface area (Å²) in [6.07, 6.45) is 6.96. The van der Waals surface area contributed by atoms with Gasteiger partial charge in [-0.2, -0.15) is 0 Å². The van der Waals surface area contributed by atoms with E-state index < -0.39 is 29.0 Å². The first kappa shape index (κ1) is 36.1. The minimum Gasteiger partial charge on any atom is -0.325 e. The third-order valence-corrected chi connectivity index (χ3v) is 9.47. The number of halogens is 2. The Morgan fingerprint density at radius 2 is 1.11 bits per heavy atom. The molecule has 1 aliphatic carbocycles. The van der Waals surface area contributed by atoms with Crippen LogP contribution in [0.4, 0.5) is 21.0 Å². The predicted octanol–water partition coefficient (Wildman–Crippen LogP) is 5.92. The van der Waals surface area contributed by atoms with E-state index in [0.29, 0.717) is 37.1 Å². The number of nitrogens with one attached hydrogen (secondary N) is 4. The van der Waals surface area contributed by atoms with Gasteiger partial charge in [-0.15, -0.1) is 0 Å². The van der Waals surface area contributed by atoms with E-state index in [9.17, 15) is 28.8 Å². The van der Waals surface area contributed by atoms with Crippen LogP contribution in [0.15, 0.2) is 57.5 Å². The number of urea groups is 2. The van der Waals surface area contributed by atoms with E-state index in [-0.39, 0.29) is 30.8 Å². The second-order valence-electron chi connectivity index (χ2n) is 12.0. The topological polar surface area (TPSA) is 157 Å². The molecule has 2 aliphatic heterocycles. The van der Waals surface area contributed by atoms with Crippen molar-refractivity contribution in [2.24, 2.45) is 0 Å². The zero-order valence-electron chi connectivity index (χ0n) is 26.5. The van der Waals surface area contributed by atoms with Gasteiger partial charge in [-0.25, -0.2) is 9.59 Å². The highest BCUT2D eigenvalue weighted by atomic mass is 79.9. The molecule has 14 heteroatoms. The van der Waals surface area contributed by atoms with Gasteiger partial charge in [0.25, 0.3) is 11.8 Å². The highest BCUT2D eigenvalue weighted by Crippen LogP contribution is 2.33. The van der Waals surface area contributed by atoms with Crippen molar-refractivity contribution in [1.29, 1.82) is 0 Å². The van der Waals surface area contributed by atoms with E-state index in [2.05, 4.69) is 53.1 Å². The number of hydrogen-bond acceptors (Lipinski definition) is 6.